The molecule has 1 aromatic heterocycles. The normalized spacial score (nSPS) is 10.4. The van der Waals surface area contributed by atoms with Crippen molar-refractivity contribution in [3.8, 4) is 0 Å². The van der Waals surface area contributed by atoms with Crippen molar-refractivity contribution in [2.24, 2.45) is 0 Å². The Kier molecular flexibility index (Phi) is 3.51. The Morgan fingerprint density at radius 1 is 1.50 bits per heavy atom. The molecular weight excluding hydrogens is 286 g/mol. The number of Topliss-reactive ketones (excluding diaryl/α,β-unsaturated/α-hetero) is 1. The molecule has 0 aliphatic carbocycles. The zero-order chi connectivity index (χ0) is 11.5. The van der Waals surface area contributed by atoms with Crippen molar-refractivity contribution in [3.63, 3.8) is 0 Å². The van der Waals surface area contributed by atoms with Gasteiger partial charge in [0.05, 0.1) is 17.1 Å². The van der Waals surface area contributed by atoms with E-state index in [0.29, 0.717) is 6.42 Å². The lowest BCUT2D eigenvalue weighted by molar-refractivity contribution is 0.0992. The molecule has 0 aliphatic heterocycles. The molecule has 2 nitrogen and oxygen atoms in total. The minimum Gasteiger partial charge on any atom is -0.294 e. The third-order valence-electron chi connectivity index (χ3n) is 2.15. The van der Waals surface area contributed by atoms with Crippen LogP contribution in [-0.4, -0.2) is 10.8 Å². The van der Waals surface area contributed by atoms with Crippen LogP contribution in [0.25, 0.3) is 0 Å². The third-order valence-corrected chi connectivity index (χ3v) is 3.47. The Bertz CT molecular complexity index is 521. The van der Waals surface area contributed by atoms with E-state index in [1.807, 2.05) is 36.6 Å². The second kappa shape index (κ2) is 4.89. The quantitative estimate of drug-likeness (QED) is 0.809. The molecule has 0 bridgehead atoms. The molecule has 0 radical (unpaired) electrons. The van der Waals surface area contributed by atoms with Gasteiger partial charge in [0.2, 0.25) is 0 Å². The molecule has 0 unspecified atom stereocenters. The summed E-state index contributed by atoms with van der Waals surface area (Å²) in [4.78, 5) is 16.2. The van der Waals surface area contributed by atoms with Gasteiger partial charge < -0.3 is 0 Å². The summed E-state index contributed by atoms with van der Waals surface area (Å²) >= 11 is 4.93. The topological polar surface area (TPSA) is 30.0 Å². The first-order chi connectivity index (χ1) is 7.65. The van der Waals surface area contributed by atoms with Gasteiger partial charge in [-0.2, -0.15) is 0 Å². The highest BCUT2D eigenvalue weighted by molar-refractivity contribution is 9.10. The van der Waals surface area contributed by atoms with Gasteiger partial charge in [0.25, 0.3) is 0 Å². The molecule has 1 heterocycles. The molecule has 0 aliphatic rings. The summed E-state index contributed by atoms with van der Waals surface area (Å²) in [6.07, 6.45) is 0.376. The number of halogens is 1. The number of thiazole rings is 1. The predicted octanol–water partition coefficient (Wildman–Crippen LogP) is 3.64. The minimum atomic E-state index is 0.103. The number of aryl methyl sites for hydroxylation is 1. The van der Waals surface area contributed by atoms with Gasteiger partial charge in [-0.3, -0.25) is 4.79 Å². The van der Waals surface area contributed by atoms with Crippen LogP contribution in [0.3, 0.4) is 0 Å². The van der Waals surface area contributed by atoms with Gasteiger partial charge in [0.1, 0.15) is 0 Å². The zero-order valence-electron chi connectivity index (χ0n) is 8.74. The molecule has 4 heteroatoms. The fourth-order valence-electron chi connectivity index (χ4n) is 1.42. The number of nitrogens with zero attached hydrogens (tertiary/aromatic N) is 1. The summed E-state index contributed by atoms with van der Waals surface area (Å²) in [5.74, 6) is 0.103. The monoisotopic (exact) mass is 295 g/mol. The van der Waals surface area contributed by atoms with Crippen molar-refractivity contribution < 1.29 is 4.79 Å². The van der Waals surface area contributed by atoms with Gasteiger partial charge in [-0.15, -0.1) is 11.3 Å². The molecule has 0 spiro atoms. The van der Waals surface area contributed by atoms with Crippen LogP contribution >= 0.6 is 27.3 Å². The molecule has 0 saturated heterocycles. The molecular formula is C12H10BrNOS. The van der Waals surface area contributed by atoms with Gasteiger partial charge in [0.15, 0.2) is 5.78 Å². The number of rotatable bonds is 3. The Morgan fingerprint density at radius 3 is 2.94 bits per heavy atom. The summed E-state index contributed by atoms with van der Waals surface area (Å²) in [5.41, 5.74) is 1.58. The number of hydrogen-bond acceptors (Lipinski definition) is 3. The van der Waals surface area contributed by atoms with E-state index in [0.717, 1.165) is 20.7 Å². The number of benzene rings is 1. The lowest BCUT2D eigenvalue weighted by Gasteiger charge is -1.99. The lowest BCUT2D eigenvalue weighted by atomic mass is 10.1. The van der Waals surface area contributed by atoms with E-state index in [2.05, 4.69) is 20.9 Å². The van der Waals surface area contributed by atoms with Gasteiger partial charge in [-0.1, -0.05) is 28.1 Å². The Hall–Kier alpha value is -1.000. The highest BCUT2D eigenvalue weighted by Gasteiger charge is 2.09. The lowest BCUT2D eigenvalue weighted by Crippen LogP contribution is -2.03. The van der Waals surface area contributed by atoms with Crippen LogP contribution in [0.1, 0.15) is 21.1 Å². The Balaban J connectivity index is 2.14. The molecule has 0 atom stereocenters. The number of aromatic nitrogens is 1. The minimum absolute atomic E-state index is 0.103. The van der Waals surface area contributed by atoms with E-state index in [4.69, 9.17) is 0 Å². The van der Waals surface area contributed by atoms with E-state index >= 15 is 0 Å². The van der Waals surface area contributed by atoms with Crippen LogP contribution in [0.5, 0.6) is 0 Å². The average Bonchev–Trinajstić information content (AvgIpc) is 2.64. The number of hydrogen-bond donors (Lipinski definition) is 0. The van der Waals surface area contributed by atoms with E-state index < -0.39 is 0 Å². The first kappa shape index (κ1) is 11.5. The van der Waals surface area contributed by atoms with Crippen LogP contribution in [0.4, 0.5) is 0 Å². The molecule has 0 N–H and O–H groups in total. The second-order valence-corrected chi connectivity index (χ2v) is 5.45. The van der Waals surface area contributed by atoms with Crippen molar-refractivity contribution in [1.82, 2.24) is 4.98 Å². The maximum Gasteiger partial charge on any atom is 0.168 e. The van der Waals surface area contributed by atoms with E-state index in [9.17, 15) is 4.79 Å². The smallest absolute Gasteiger partial charge is 0.168 e. The van der Waals surface area contributed by atoms with Gasteiger partial charge in [0, 0.05) is 15.4 Å². The molecule has 2 rings (SSSR count). The molecule has 82 valence electrons. The first-order valence-corrected chi connectivity index (χ1v) is 6.52. The van der Waals surface area contributed by atoms with Gasteiger partial charge in [-0.05, 0) is 19.1 Å². The summed E-state index contributed by atoms with van der Waals surface area (Å²) in [6, 6.07) is 7.43. The van der Waals surface area contributed by atoms with Gasteiger partial charge in [-0.25, -0.2) is 4.98 Å². The third kappa shape index (κ3) is 2.77. The van der Waals surface area contributed by atoms with Crippen LogP contribution in [-0.2, 0) is 6.42 Å². The SMILES string of the molecule is Cc1nc(CC(=O)c2cccc(Br)c2)cs1. The number of carbonyl (C=O) groups is 1. The Labute approximate surface area is 106 Å². The highest BCUT2D eigenvalue weighted by atomic mass is 79.9. The summed E-state index contributed by atoms with van der Waals surface area (Å²) in [5, 5.41) is 2.93. The molecule has 0 amide bonds. The molecule has 2 aromatic rings. The zero-order valence-corrected chi connectivity index (χ0v) is 11.1. The van der Waals surface area contributed by atoms with Crippen molar-refractivity contribution in [1.29, 1.82) is 0 Å². The summed E-state index contributed by atoms with van der Waals surface area (Å²) in [7, 11) is 0. The van der Waals surface area contributed by atoms with E-state index in [1.165, 1.54) is 0 Å². The van der Waals surface area contributed by atoms with E-state index in [-0.39, 0.29) is 5.78 Å². The first-order valence-electron chi connectivity index (χ1n) is 4.85. The second-order valence-electron chi connectivity index (χ2n) is 3.47. The molecule has 16 heavy (non-hydrogen) atoms. The van der Waals surface area contributed by atoms with Crippen molar-refractivity contribution >= 4 is 33.0 Å². The van der Waals surface area contributed by atoms with Crippen LogP contribution in [0.15, 0.2) is 34.1 Å². The standard InChI is InChI=1S/C12H10BrNOS/c1-8-14-11(7-16-8)6-12(15)9-3-2-4-10(13)5-9/h2-5,7H,6H2,1H3. The van der Waals surface area contributed by atoms with Crippen molar-refractivity contribution in [3.05, 3.63) is 50.4 Å². The van der Waals surface area contributed by atoms with Crippen LogP contribution in [0, 0.1) is 6.92 Å². The van der Waals surface area contributed by atoms with Crippen molar-refractivity contribution in [2.45, 2.75) is 13.3 Å². The predicted molar refractivity (Wildman–Crippen MR) is 69.0 cm³/mol. The number of carbonyl (C=O) groups excluding carboxylic acids is 1. The maximum atomic E-state index is 11.9. The van der Waals surface area contributed by atoms with Crippen LogP contribution in [0.2, 0.25) is 0 Å². The number of ketones is 1. The summed E-state index contributed by atoms with van der Waals surface area (Å²) in [6.45, 7) is 1.94. The van der Waals surface area contributed by atoms with E-state index in [1.54, 1.807) is 11.3 Å². The molecule has 0 saturated carbocycles. The Morgan fingerprint density at radius 2 is 2.31 bits per heavy atom. The largest absolute Gasteiger partial charge is 0.294 e. The fraction of sp³-hybridized carbons (Fsp3) is 0.167. The summed E-state index contributed by atoms with van der Waals surface area (Å²) < 4.78 is 0.924. The van der Waals surface area contributed by atoms with Crippen molar-refractivity contribution in [2.75, 3.05) is 0 Å². The van der Waals surface area contributed by atoms with Gasteiger partial charge >= 0.3 is 0 Å². The fourth-order valence-corrected chi connectivity index (χ4v) is 2.43. The maximum absolute atomic E-state index is 11.9. The van der Waals surface area contributed by atoms with Crippen LogP contribution < -0.4 is 0 Å². The molecule has 0 fully saturated rings. The highest BCUT2D eigenvalue weighted by Crippen LogP contribution is 2.15. The molecule has 1 aromatic carbocycles. The average molecular weight is 296 g/mol.